The third-order valence-corrected chi connectivity index (χ3v) is 8.00. The van der Waals surface area contributed by atoms with Crippen LogP contribution in [0.4, 0.5) is 8.78 Å². The van der Waals surface area contributed by atoms with E-state index in [0.29, 0.717) is 23.9 Å². The molecule has 4 aliphatic carbocycles. The fraction of sp³-hybridized carbons (Fsp3) is 0.500. The van der Waals surface area contributed by atoms with E-state index in [1.807, 2.05) is 0 Å². The Kier molecular flexibility index (Phi) is 4.66. The Morgan fingerprint density at radius 2 is 1.94 bits per heavy atom. The highest BCUT2D eigenvalue weighted by atomic mass is 19.1. The minimum absolute atomic E-state index is 0.0301. The van der Waals surface area contributed by atoms with E-state index in [-0.39, 0.29) is 47.0 Å². The summed E-state index contributed by atoms with van der Waals surface area (Å²) in [5.74, 6) is -2.36. The highest BCUT2D eigenvalue weighted by Crippen LogP contribution is 2.52. The summed E-state index contributed by atoms with van der Waals surface area (Å²) in [7, 11) is 0. The molecule has 2 bridgehead atoms. The number of carboxylic acid groups (broad SMARTS) is 1. The zero-order chi connectivity index (χ0) is 23.6. The number of aromatic nitrogens is 5. The van der Waals surface area contributed by atoms with E-state index in [4.69, 9.17) is 6.57 Å². The van der Waals surface area contributed by atoms with Crippen LogP contribution in [0.2, 0.25) is 0 Å². The van der Waals surface area contributed by atoms with E-state index in [1.54, 1.807) is 0 Å². The number of rotatable bonds is 5. The van der Waals surface area contributed by atoms with Crippen LogP contribution in [0.1, 0.15) is 49.9 Å². The average molecular weight is 464 g/mol. The zero-order valence-electron chi connectivity index (χ0n) is 18.3. The predicted molar refractivity (Wildman–Crippen MR) is 116 cm³/mol. The maximum Gasteiger partial charge on any atom is 0.307 e. The SMILES string of the molecule is [C-]#[N+]C1(c2nc(-c3[nH]nc4ncc(F)cc34)nc(C[C@H]3C4CCC(CC4)[C@@H]3C(=O)O)c2F)CC1. The van der Waals surface area contributed by atoms with Crippen molar-refractivity contribution < 1.29 is 18.7 Å². The molecule has 4 aliphatic rings. The van der Waals surface area contributed by atoms with Crippen LogP contribution < -0.4 is 0 Å². The van der Waals surface area contributed by atoms with Gasteiger partial charge in [0.05, 0.1) is 23.2 Å². The normalized spacial score (nSPS) is 27.0. The topological polar surface area (TPSA) is 109 Å². The maximum absolute atomic E-state index is 15.8. The monoisotopic (exact) mass is 464 g/mol. The third-order valence-electron chi connectivity index (χ3n) is 8.00. The average Bonchev–Trinajstić information content (AvgIpc) is 3.53. The molecule has 7 rings (SSSR count). The summed E-state index contributed by atoms with van der Waals surface area (Å²) in [4.78, 5) is 28.7. The molecular weight excluding hydrogens is 442 g/mol. The molecule has 0 aliphatic heterocycles. The molecule has 34 heavy (non-hydrogen) atoms. The van der Waals surface area contributed by atoms with Crippen LogP contribution in [0.25, 0.3) is 27.4 Å². The van der Waals surface area contributed by atoms with Crippen molar-refractivity contribution in [3.8, 4) is 11.5 Å². The minimum Gasteiger partial charge on any atom is -0.481 e. The molecule has 0 aromatic carbocycles. The Hall–Kier alpha value is -3.48. The molecule has 174 valence electrons. The fourth-order valence-corrected chi connectivity index (χ4v) is 6.09. The summed E-state index contributed by atoms with van der Waals surface area (Å²) in [6.45, 7) is 7.63. The number of carboxylic acids is 1. The van der Waals surface area contributed by atoms with Crippen molar-refractivity contribution in [2.24, 2.45) is 23.7 Å². The van der Waals surface area contributed by atoms with Crippen molar-refractivity contribution in [1.82, 2.24) is 25.1 Å². The number of nitrogens with one attached hydrogen (secondary N) is 1. The van der Waals surface area contributed by atoms with Gasteiger partial charge in [0.25, 0.3) is 5.54 Å². The standard InChI is InChI=1S/C24H22F2N6O2/c1-27-24(6-7-24)20-18(26)16(9-14-11-2-4-12(5-3-11)17(14)23(33)34)29-22(30-20)19-15-8-13(25)10-28-21(15)32-31-19/h8,10-12,14,17H,2-7,9H2,(H,33,34)(H,28,31,32)/t11?,12?,14-,17-/m0/s1. The highest BCUT2D eigenvalue weighted by molar-refractivity contribution is 5.88. The van der Waals surface area contributed by atoms with Crippen LogP contribution in [0.15, 0.2) is 12.3 Å². The Labute approximate surface area is 193 Å². The van der Waals surface area contributed by atoms with Crippen molar-refractivity contribution in [2.45, 2.75) is 50.5 Å². The van der Waals surface area contributed by atoms with Gasteiger partial charge in [-0.3, -0.25) is 9.89 Å². The van der Waals surface area contributed by atoms with Gasteiger partial charge in [-0.2, -0.15) is 5.10 Å². The lowest BCUT2D eigenvalue weighted by Crippen LogP contribution is -2.45. The Balaban J connectivity index is 1.48. The van der Waals surface area contributed by atoms with E-state index in [1.165, 1.54) is 6.07 Å². The van der Waals surface area contributed by atoms with Crippen LogP contribution in [-0.2, 0) is 16.8 Å². The molecule has 3 aromatic heterocycles. The number of aromatic amines is 1. The first-order valence-electron chi connectivity index (χ1n) is 11.6. The van der Waals surface area contributed by atoms with Gasteiger partial charge in [0.15, 0.2) is 23.0 Å². The lowest BCUT2D eigenvalue weighted by molar-refractivity contribution is -0.152. The number of hydrogen-bond donors (Lipinski definition) is 2. The maximum atomic E-state index is 15.8. The first-order valence-corrected chi connectivity index (χ1v) is 11.6. The molecule has 0 radical (unpaired) electrons. The van der Waals surface area contributed by atoms with Crippen LogP contribution in [-0.4, -0.2) is 36.2 Å². The molecule has 4 fully saturated rings. The molecule has 3 heterocycles. The Morgan fingerprint density at radius 3 is 2.62 bits per heavy atom. The second kappa shape index (κ2) is 7.52. The first-order chi connectivity index (χ1) is 16.4. The zero-order valence-corrected chi connectivity index (χ0v) is 18.3. The largest absolute Gasteiger partial charge is 0.481 e. The van der Waals surface area contributed by atoms with Crippen molar-refractivity contribution in [3.05, 3.63) is 46.7 Å². The van der Waals surface area contributed by atoms with Crippen LogP contribution in [0, 0.1) is 41.9 Å². The number of hydrogen-bond acceptors (Lipinski definition) is 5. The number of carbonyl (C=O) groups is 1. The molecule has 0 spiro atoms. The molecule has 3 aromatic rings. The van der Waals surface area contributed by atoms with Gasteiger partial charge >= 0.3 is 5.97 Å². The van der Waals surface area contributed by atoms with Crippen molar-refractivity contribution in [1.29, 1.82) is 0 Å². The molecule has 0 amide bonds. The number of aliphatic carboxylic acids is 1. The smallest absolute Gasteiger partial charge is 0.307 e. The first kappa shape index (κ1) is 21.1. The highest BCUT2D eigenvalue weighted by Gasteiger charge is 2.57. The van der Waals surface area contributed by atoms with Crippen LogP contribution >= 0.6 is 0 Å². The van der Waals surface area contributed by atoms with Gasteiger partial charge in [-0.25, -0.2) is 30.3 Å². The van der Waals surface area contributed by atoms with Gasteiger partial charge < -0.3 is 9.95 Å². The van der Waals surface area contributed by atoms with Gasteiger partial charge in [-0.05, 0) is 55.9 Å². The summed E-state index contributed by atoms with van der Waals surface area (Å²) < 4.78 is 29.7. The summed E-state index contributed by atoms with van der Waals surface area (Å²) >= 11 is 0. The minimum atomic E-state index is -1.03. The molecule has 2 N–H and O–H groups in total. The summed E-state index contributed by atoms with van der Waals surface area (Å²) in [6, 6.07) is 1.26. The lowest BCUT2D eigenvalue weighted by atomic mass is 9.57. The van der Waals surface area contributed by atoms with E-state index in [9.17, 15) is 14.3 Å². The number of H-pyrrole nitrogens is 1. The van der Waals surface area contributed by atoms with Gasteiger partial charge in [0.1, 0.15) is 11.5 Å². The van der Waals surface area contributed by atoms with Gasteiger partial charge in [0, 0.05) is 12.8 Å². The molecule has 8 nitrogen and oxygen atoms in total. The van der Waals surface area contributed by atoms with Gasteiger partial charge in [0.2, 0.25) is 0 Å². The van der Waals surface area contributed by atoms with E-state index in [2.05, 4.69) is 30.0 Å². The molecule has 0 saturated heterocycles. The Morgan fingerprint density at radius 1 is 1.21 bits per heavy atom. The van der Waals surface area contributed by atoms with E-state index >= 15 is 4.39 Å². The van der Waals surface area contributed by atoms with E-state index in [0.717, 1.165) is 31.9 Å². The number of nitrogens with zero attached hydrogens (tertiary/aromatic N) is 5. The van der Waals surface area contributed by atoms with Crippen molar-refractivity contribution in [2.75, 3.05) is 0 Å². The summed E-state index contributed by atoms with van der Waals surface area (Å²) in [6.07, 6.45) is 5.86. The predicted octanol–water partition coefficient (Wildman–Crippen LogP) is 4.28. The molecule has 4 saturated carbocycles. The number of pyridine rings is 1. The summed E-state index contributed by atoms with van der Waals surface area (Å²) in [5, 5.41) is 17.2. The van der Waals surface area contributed by atoms with E-state index < -0.39 is 29.1 Å². The second-order valence-corrected chi connectivity index (χ2v) is 9.83. The van der Waals surface area contributed by atoms with Crippen molar-refractivity contribution in [3.63, 3.8) is 0 Å². The van der Waals surface area contributed by atoms with Crippen molar-refractivity contribution >= 4 is 17.0 Å². The molecule has 2 atom stereocenters. The third kappa shape index (κ3) is 3.17. The Bertz CT molecular complexity index is 1350. The molecular formula is C24H22F2N6O2. The molecule has 0 unspecified atom stereocenters. The fourth-order valence-electron chi connectivity index (χ4n) is 6.09. The lowest BCUT2D eigenvalue weighted by Gasteiger charge is -2.46. The second-order valence-electron chi connectivity index (χ2n) is 9.83. The number of halogens is 2. The van der Waals surface area contributed by atoms with Gasteiger partial charge in [-0.15, -0.1) is 0 Å². The van der Waals surface area contributed by atoms with Crippen LogP contribution in [0.3, 0.4) is 0 Å². The molecule has 10 heteroatoms. The summed E-state index contributed by atoms with van der Waals surface area (Å²) in [5.41, 5.74) is -0.319. The quantitative estimate of drug-likeness (QED) is 0.546. The van der Waals surface area contributed by atoms with Crippen LogP contribution in [0.5, 0.6) is 0 Å². The number of fused-ring (bicyclic) bond motifs is 4. The van der Waals surface area contributed by atoms with Gasteiger partial charge in [-0.1, -0.05) is 0 Å².